The van der Waals surface area contributed by atoms with Gasteiger partial charge < -0.3 is 14.4 Å². The molecule has 1 aliphatic heterocycles. The van der Waals surface area contributed by atoms with Crippen LogP contribution in [-0.2, 0) is 19.3 Å². The molecule has 4 aromatic rings. The van der Waals surface area contributed by atoms with E-state index in [0.29, 0.717) is 11.3 Å². The Balaban J connectivity index is 1.87. The van der Waals surface area contributed by atoms with Crippen LogP contribution in [0, 0.1) is 15.9 Å². The highest BCUT2D eigenvalue weighted by atomic mass is 35.5. The van der Waals surface area contributed by atoms with Crippen molar-refractivity contribution in [2.75, 3.05) is 7.11 Å². The van der Waals surface area contributed by atoms with Crippen molar-refractivity contribution >= 4 is 34.0 Å². The lowest BCUT2D eigenvalue weighted by atomic mass is 9.89. The summed E-state index contributed by atoms with van der Waals surface area (Å²) >= 11 is 6.38. The van der Waals surface area contributed by atoms with Crippen LogP contribution in [0.15, 0.2) is 65.6 Å². The molecule has 0 saturated carbocycles. The number of hydrogen-bond donors (Lipinski definition) is 1. The Kier molecular flexibility index (Phi) is 5.73. The Hall–Kier alpha value is -4.28. The number of carbonyl (C=O) groups is 1. The SMILES string of the molecule is COc1ccc(CN2C(=O)c3c(c([N+](=O)[O-])cc4c(=O)n(C)ccc34)C2(O)c2cc(F)ccc2Cl)cc1. The fourth-order valence-electron chi connectivity index (χ4n) is 4.76. The molecule has 1 amide bonds. The summed E-state index contributed by atoms with van der Waals surface area (Å²) in [7, 11) is 2.97. The minimum atomic E-state index is -2.52. The first-order chi connectivity index (χ1) is 17.6. The Morgan fingerprint density at radius 1 is 1.11 bits per heavy atom. The van der Waals surface area contributed by atoms with Crippen LogP contribution < -0.4 is 10.3 Å². The van der Waals surface area contributed by atoms with E-state index in [4.69, 9.17) is 16.3 Å². The van der Waals surface area contributed by atoms with Gasteiger partial charge in [-0.3, -0.25) is 24.6 Å². The molecule has 0 radical (unpaired) electrons. The number of aromatic nitrogens is 1. The Labute approximate surface area is 214 Å². The molecule has 0 spiro atoms. The van der Waals surface area contributed by atoms with E-state index in [1.807, 2.05) is 0 Å². The van der Waals surface area contributed by atoms with Gasteiger partial charge in [0.2, 0.25) is 5.72 Å². The average Bonchev–Trinajstić information content (AvgIpc) is 3.10. The zero-order chi connectivity index (χ0) is 26.6. The van der Waals surface area contributed by atoms with Crippen LogP contribution in [-0.4, -0.2) is 32.5 Å². The zero-order valence-corrected chi connectivity index (χ0v) is 20.3. The summed E-state index contributed by atoms with van der Waals surface area (Å²) in [6.07, 6.45) is 1.42. The second-order valence-corrected chi connectivity index (χ2v) is 9.04. The first-order valence-electron chi connectivity index (χ1n) is 11.0. The van der Waals surface area contributed by atoms with Crippen LogP contribution in [0.25, 0.3) is 10.8 Å². The highest BCUT2D eigenvalue weighted by Gasteiger charge is 2.55. The number of nitro benzene ring substituents is 1. The monoisotopic (exact) mass is 523 g/mol. The van der Waals surface area contributed by atoms with Gasteiger partial charge in [0.15, 0.2) is 0 Å². The van der Waals surface area contributed by atoms with Crippen LogP contribution in [0.1, 0.15) is 27.0 Å². The first kappa shape index (κ1) is 24.4. The maximum Gasteiger partial charge on any atom is 0.279 e. The molecule has 1 atom stereocenters. The fraction of sp³-hybridized carbons (Fsp3) is 0.154. The second-order valence-electron chi connectivity index (χ2n) is 8.63. The number of pyridine rings is 1. The summed E-state index contributed by atoms with van der Waals surface area (Å²) in [4.78, 5) is 39.3. The molecule has 1 N–H and O–H groups in total. The number of nitro groups is 1. The molecule has 9 nitrogen and oxygen atoms in total. The number of benzene rings is 3. The van der Waals surface area contributed by atoms with Crippen LogP contribution in [0.5, 0.6) is 5.75 Å². The van der Waals surface area contributed by atoms with E-state index in [2.05, 4.69) is 0 Å². The molecule has 188 valence electrons. The first-order valence-corrected chi connectivity index (χ1v) is 11.4. The number of ether oxygens (including phenoxy) is 1. The van der Waals surface area contributed by atoms with E-state index in [0.717, 1.165) is 23.1 Å². The summed E-state index contributed by atoms with van der Waals surface area (Å²) in [5, 5.41) is 24.5. The largest absolute Gasteiger partial charge is 0.497 e. The Morgan fingerprint density at radius 3 is 2.46 bits per heavy atom. The molecule has 0 fully saturated rings. The predicted octanol–water partition coefficient (Wildman–Crippen LogP) is 4.10. The summed E-state index contributed by atoms with van der Waals surface area (Å²) in [5.41, 5.74) is -4.06. The van der Waals surface area contributed by atoms with Gasteiger partial charge in [0.25, 0.3) is 17.2 Å². The predicted molar refractivity (Wildman–Crippen MR) is 133 cm³/mol. The van der Waals surface area contributed by atoms with Crippen molar-refractivity contribution in [3.8, 4) is 5.75 Å². The van der Waals surface area contributed by atoms with Crippen molar-refractivity contribution in [1.82, 2.24) is 9.47 Å². The number of aryl methyl sites for hydroxylation is 1. The number of fused-ring (bicyclic) bond motifs is 3. The highest BCUT2D eigenvalue weighted by molar-refractivity contribution is 6.31. The lowest BCUT2D eigenvalue weighted by Gasteiger charge is -2.35. The number of nitrogens with zero attached hydrogens (tertiary/aromatic N) is 3. The number of halogens is 2. The van der Waals surface area contributed by atoms with Crippen molar-refractivity contribution < 1.29 is 24.0 Å². The third-order valence-corrected chi connectivity index (χ3v) is 6.89. The van der Waals surface area contributed by atoms with Gasteiger partial charge in [0, 0.05) is 41.8 Å². The number of rotatable bonds is 5. The topological polar surface area (TPSA) is 115 Å². The van der Waals surface area contributed by atoms with E-state index in [-0.39, 0.29) is 39.0 Å². The molecule has 37 heavy (non-hydrogen) atoms. The van der Waals surface area contributed by atoms with Crippen LogP contribution in [0.2, 0.25) is 5.02 Å². The molecule has 0 bridgehead atoms. The third kappa shape index (κ3) is 3.64. The van der Waals surface area contributed by atoms with E-state index in [9.17, 15) is 29.2 Å². The van der Waals surface area contributed by atoms with E-state index in [1.54, 1.807) is 24.3 Å². The molecular weight excluding hydrogens is 505 g/mol. The lowest BCUT2D eigenvalue weighted by Crippen LogP contribution is -2.44. The van der Waals surface area contributed by atoms with Crippen molar-refractivity contribution in [1.29, 1.82) is 0 Å². The average molecular weight is 524 g/mol. The van der Waals surface area contributed by atoms with E-state index in [1.165, 1.54) is 37.1 Å². The summed E-state index contributed by atoms with van der Waals surface area (Å²) in [6.45, 7) is -0.218. The summed E-state index contributed by atoms with van der Waals surface area (Å²) in [5.74, 6) is -0.994. The molecule has 1 aromatic heterocycles. The number of carbonyl (C=O) groups excluding carboxylic acids is 1. The fourth-order valence-corrected chi connectivity index (χ4v) is 5.01. The highest BCUT2D eigenvalue weighted by Crippen LogP contribution is 2.51. The molecule has 5 rings (SSSR count). The lowest BCUT2D eigenvalue weighted by molar-refractivity contribution is -0.386. The molecule has 1 unspecified atom stereocenters. The van der Waals surface area contributed by atoms with Crippen LogP contribution in [0.3, 0.4) is 0 Å². The van der Waals surface area contributed by atoms with Gasteiger partial charge in [0.1, 0.15) is 17.1 Å². The van der Waals surface area contributed by atoms with Crippen LogP contribution >= 0.6 is 11.6 Å². The van der Waals surface area contributed by atoms with Crippen molar-refractivity contribution in [3.05, 3.63) is 114 Å². The molecule has 2 heterocycles. The van der Waals surface area contributed by atoms with E-state index < -0.39 is 33.6 Å². The van der Waals surface area contributed by atoms with Gasteiger partial charge in [-0.15, -0.1) is 0 Å². The number of aliphatic hydroxyl groups is 1. The Bertz CT molecular complexity index is 1670. The third-order valence-electron chi connectivity index (χ3n) is 6.56. The number of hydrogen-bond acceptors (Lipinski definition) is 6. The number of amides is 1. The van der Waals surface area contributed by atoms with Crippen molar-refractivity contribution in [2.24, 2.45) is 7.05 Å². The van der Waals surface area contributed by atoms with Gasteiger partial charge in [0.05, 0.1) is 23.0 Å². The molecule has 0 saturated heterocycles. The molecular formula is C26H19ClFN3O6. The summed E-state index contributed by atoms with van der Waals surface area (Å²) in [6, 6.07) is 12.3. The normalized spacial score (nSPS) is 16.8. The van der Waals surface area contributed by atoms with Crippen molar-refractivity contribution in [3.63, 3.8) is 0 Å². The van der Waals surface area contributed by atoms with Gasteiger partial charge >= 0.3 is 0 Å². The molecule has 0 aliphatic carbocycles. The molecule has 11 heteroatoms. The van der Waals surface area contributed by atoms with Gasteiger partial charge in [-0.25, -0.2) is 4.39 Å². The quantitative estimate of drug-likeness (QED) is 0.311. The van der Waals surface area contributed by atoms with Crippen molar-refractivity contribution in [2.45, 2.75) is 12.3 Å². The maximum atomic E-state index is 14.4. The number of methoxy groups -OCH3 is 1. The second kappa shape index (κ2) is 8.68. The molecule has 3 aromatic carbocycles. The smallest absolute Gasteiger partial charge is 0.279 e. The molecule has 1 aliphatic rings. The van der Waals surface area contributed by atoms with Gasteiger partial charge in [-0.05, 0) is 42.0 Å². The summed E-state index contributed by atoms with van der Waals surface area (Å²) < 4.78 is 20.8. The van der Waals surface area contributed by atoms with Gasteiger partial charge in [-0.1, -0.05) is 23.7 Å². The van der Waals surface area contributed by atoms with Crippen LogP contribution in [0.4, 0.5) is 10.1 Å². The minimum Gasteiger partial charge on any atom is -0.497 e. The Morgan fingerprint density at radius 2 is 1.81 bits per heavy atom. The maximum absolute atomic E-state index is 14.4. The van der Waals surface area contributed by atoms with Gasteiger partial charge in [-0.2, -0.15) is 0 Å². The standard InChI is InChI=1S/C26H19ClFN3O6/c1-29-10-9-17-18(24(29)32)12-21(31(35)36)23-22(17)25(33)30(13-14-3-6-16(37-2)7-4-14)26(23,34)19-11-15(28)5-8-20(19)27/h3-12,34H,13H2,1-2H3. The zero-order valence-electron chi connectivity index (χ0n) is 19.6. The minimum absolute atomic E-state index is 0.0669. The van der Waals surface area contributed by atoms with E-state index >= 15 is 0 Å².